The van der Waals surface area contributed by atoms with Gasteiger partial charge in [0, 0.05) is 6.20 Å². The zero-order valence-corrected chi connectivity index (χ0v) is 21.5. The summed E-state index contributed by atoms with van der Waals surface area (Å²) < 4.78 is 36.2. The van der Waals surface area contributed by atoms with Crippen LogP contribution in [0.2, 0.25) is 0 Å². The molecule has 0 bridgehead atoms. The number of aliphatic hydroxyl groups excluding tert-OH is 2. The van der Waals surface area contributed by atoms with E-state index in [1.54, 1.807) is 44.2 Å². The van der Waals surface area contributed by atoms with Crippen molar-refractivity contribution in [2.75, 3.05) is 19.5 Å². The van der Waals surface area contributed by atoms with E-state index < -0.39 is 56.6 Å². The van der Waals surface area contributed by atoms with Crippen LogP contribution >= 0.6 is 20.2 Å². The fourth-order valence-electron chi connectivity index (χ4n) is 3.37. The van der Waals surface area contributed by atoms with Crippen molar-refractivity contribution in [2.24, 2.45) is 5.92 Å². The molecule has 13 nitrogen and oxygen atoms in total. The Morgan fingerprint density at radius 1 is 1.25 bits per heavy atom. The topological polar surface area (TPSA) is 184 Å². The van der Waals surface area contributed by atoms with E-state index in [1.807, 2.05) is 0 Å². The highest BCUT2D eigenvalue weighted by Crippen LogP contribution is 2.46. The van der Waals surface area contributed by atoms with Crippen LogP contribution in [-0.2, 0) is 23.4 Å². The lowest BCUT2D eigenvalue weighted by molar-refractivity contribution is -0.143. The monoisotopic (exact) mass is 548 g/mol. The quantitative estimate of drug-likeness (QED) is 0.243. The van der Waals surface area contributed by atoms with Crippen LogP contribution in [0.3, 0.4) is 0 Å². The molecule has 1 unspecified atom stereocenters. The average Bonchev–Trinajstić information content (AvgIpc) is 3.10. The number of nitrogens with zero attached hydrogens (tertiary/aromatic N) is 2. The second-order valence-electron chi connectivity index (χ2n) is 8.16. The first-order chi connectivity index (χ1) is 16.5. The summed E-state index contributed by atoms with van der Waals surface area (Å²) in [7, 11) is -3.05. The maximum atomic E-state index is 13.7. The Balaban J connectivity index is 0.00000456. The van der Waals surface area contributed by atoms with Crippen molar-refractivity contribution in [1.82, 2.24) is 14.6 Å². The van der Waals surface area contributed by atoms with E-state index in [4.69, 9.17) is 24.3 Å². The number of nitrogen functional groups attached to an aromatic ring is 1. The van der Waals surface area contributed by atoms with E-state index in [0.29, 0.717) is 0 Å². The van der Waals surface area contributed by atoms with Crippen molar-refractivity contribution in [3.05, 3.63) is 53.1 Å². The van der Waals surface area contributed by atoms with Gasteiger partial charge in [-0.15, -0.1) is 12.4 Å². The number of carbonyl (C=O) groups is 1. The van der Waals surface area contributed by atoms with Gasteiger partial charge in [-0.2, -0.15) is 10.1 Å². The van der Waals surface area contributed by atoms with Gasteiger partial charge in [-0.1, -0.05) is 32.0 Å². The number of nitrogens with two attached hydrogens (primary N) is 1. The molecular formula is C21H30ClN4O9P. The summed E-state index contributed by atoms with van der Waals surface area (Å²) in [5, 5.41) is 23.5. The molecule has 1 aromatic heterocycles. The van der Waals surface area contributed by atoms with Gasteiger partial charge in [-0.25, -0.2) is 9.36 Å². The summed E-state index contributed by atoms with van der Waals surface area (Å²) in [4.78, 5) is 27.9. The van der Waals surface area contributed by atoms with E-state index in [9.17, 15) is 24.4 Å². The molecule has 0 saturated carbocycles. The maximum Gasteiger partial charge on any atom is 0.459 e. The lowest BCUT2D eigenvalue weighted by atomic mass is 10.1. The fourth-order valence-corrected chi connectivity index (χ4v) is 5.04. The third kappa shape index (κ3) is 7.04. The smallest absolute Gasteiger partial charge is 0.459 e. The molecule has 1 aliphatic heterocycles. The van der Waals surface area contributed by atoms with Crippen LogP contribution in [0.25, 0.3) is 0 Å². The van der Waals surface area contributed by atoms with Gasteiger partial charge >= 0.3 is 19.4 Å². The first kappa shape index (κ1) is 29.7. The number of carbonyl (C=O) groups excluding carboxylic acids is 1. The van der Waals surface area contributed by atoms with Crippen LogP contribution in [0, 0.1) is 5.92 Å². The number of benzene rings is 1. The second-order valence-corrected chi connectivity index (χ2v) is 9.85. The first-order valence-electron chi connectivity index (χ1n) is 10.8. The minimum Gasteiger partial charge on any atom is -0.468 e. The van der Waals surface area contributed by atoms with Gasteiger partial charge in [0.05, 0.1) is 13.7 Å². The van der Waals surface area contributed by atoms with Crippen LogP contribution in [0.1, 0.15) is 20.1 Å². The van der Waals surface area contributed by atoms with E-state index in [2.05, 4.69) is 10.1 Å². The first-order valence-corrected chi connectivity index (χ1v) is 12.3. The number of hydrogen-bond acceptors (Lipinski definition) is 11. The molecule has 1 aliphatic rings. The van der Waals surface area contributed by atoms with Gasteiger partial charge < -0.3 is 29.9 Å². The summed E-state index contributed by atoms with van der Waals surface area (Å²) in [6, 6.07) is 8.42. The molecule has 1 saturated heterocycles. The third-order valence-electron chi connectivity index (χ3n) is 5.26. The number of halogens is 1. The molecule has 0 radical (unpaired) electrons. The lowest BCUT2D eigenvalue weighted by Gasteiger charge is -2.27. The number of aromatic nitrogens is 2. The molecular weight excluding hydrogens is 519 g/mol. The predicted molar refractivity (Wildman–Crippen MR) is 130 cm³/mol. The molecule has 1 fully saturated rings. The van der Waals surface area contributed by atoms with Gasteiger partial charge in [0.15, 0.2) is 6.23 Å². The van der Waals surface area contributed by atoms with Gasteiger partial charge in [0.25, 0.3) is 0 Å². The number of ether oxygens (including phenoxy) is 2. The Kier molecular flexibility index (Phi) is 10.4. The second kappa shape index (κ2) is 12.6. The number of anilines is 1. The standard InChI is InChI=1S/C21H29N4O9P.ClH/c1-12(2)16(20(28)31-3)24-35(30,34-13-7-5-4-6-8-13)32-11-14-17(26)18(27)19(33-14)25-10-9-15(22)23-21(25)29;/h4-10,12,14,16-19,26-27H,11H2,1-3H3,(H,24,30)(H2,22,23,29);1H/t14-,16+,17-,18-,19-,35?;/m1./s1. The Morgan fingerprint density at radius 2 is 1.92 bits per heavy atom. The molecule has 2 heterocycles. The van der Waals surface area contributed by atoms with E-state index in [0.717, 1.165) is 4.57 Å². The SMILES string of the molecule is COC(=O)[C@@H](NP(=O)(OC[C@H]1O[C@@H](n2ccc(N)nc2=O)[C@H](O)[C@@H]1O)Oc1ccccc1)C(C)C.Cl. The van der Waals surface area contributed by atoms with E-state index >= 15 is 0 Å². The molecule has 5 N–H and O–H groups in total. The highest BCUT2D eigenvalue weighted by molar-refractivity contribution is 7.52. The molecule has 15 heteroatoms. The number of esters is 1. The van der Waals surface area contributed by atoms with Gasteiger partial charge in [0.1, 0.15) is 35.9 Å². The minimum atomic E-state index is -4.25. The molecule has 1 aromatic carbocycles. The molecule has 0 spiro atoms. The molecule has 2 aromatic rings. The van der Waals surface area contributed by atoms with Crippen LogP contribution in [-0.4, -0.2) is 63.8 Å². The Hall–Kier alpha value is -2.51. The molecule has 36 heavy (non-hydrogen) atoms. The minimum absolute atomic E-state index is 0. The summed E-state index contributed by atoms with van der Waals surface area (Å²) in [6.07, 6.45) is -4.25. The number of nitrogens with one attached hydrogen (secondary N) is 1. The molecule has 0 aliphatic carbocycles. The predicted octanol–water partition coefficient (Wildman–Crippen LogP) is 0.857. The zero-order chi connectivity index (χ0) is 25.8. The van der Waals surface area contributed by atoms with Crippen molar-refractivity contribution in [3.63, 3.8) is 0 Å². The largest absolute Gasteiger partial charge is 0.468 e. The average molecular weight is 549 g/mol. The number of hydrogen-bond donors (Lipinski definition) is 4. The van der Waals surface area contributed by atoms with E-state index in [1.165, 1.54) is 19.4 Å². The van der Waals surface area contributed by atoms with Crippen LogP contribution in [0.5, 0.6) is 5.75 Å². The van der Waals surface area contributed by atoms with Crippen molar-refractivity contribution >= 4 is 31.9 Å². The summed E-state index contributed by atoms with van der Waals surface area (Å²) in [5.74, 6) is -0.845. The number of para-hydroxylation sites is 1. The summed E-state index contributed by atoms with van der Waals surface area (Å²) in [5.41, 5.74) is 4.69. The highest BCUT2D eigenvalue weighted by Gasteiger charge is 2.46. The van der Waals surface area contributed by atoms with Crippen molar-refractivity contribution < 1.29 is 38.1 Å². The fraction of sp³-hybridized carbons (Fsp3) is 0.476. The van der Waals surface area contributed by atoms with Crippen molar-refractivity contribution in [2.45, 2.75) is 44.4 Å². The normalized spacial score (nSPS) is 23.9. The van der Waals surface area contributed by atoms with Crippen LogP contribution in [0.15, 0.2) is 47.4 Å². The third-order valence-corrected chi connectivity index (χ3v) is 6.79. The highest BCUT2D eigenvalue weighted by atomic mass is 35.5. The van der Waals surface area contributed by atoms with Gasteiger partial charge in [0.2, 0.25) is 0 Å². The number of aliphatic hydroxyl groups is 2. The number of methoxy groups -OCH3 is 1. The van der Waals surface area contributed by atoms with Crippen molar-refractivity contribution in [1.29, 1.82) is 0 Å². The van der Waals surface area contributed by atoms with Crippen molar-refractivity contribution in [3.8, 4) is 5.75 Å². The summed E-state index contributed by atoms with van der Waals surface area (Å²) in [6.45, 7) is 2.91. The molecule has 3 rings (SSSR count). The number of rotatable bonds is 10. The lowest BCUT2D eigenvalue weighted by Crippen LogP contribution is -2.42. The molecule has 6 atom stereocenters. The Morgan fingerprint density at radius 3 is 2.50 bits per heavy atom. The summed E-state index contributed by atoms with van der Waals surface area (Å²) >= 11 is 0. The Bertz CT molecular complexity index is 1120. The molecule has 200 valence electrons. The van der Waals surface area contributed by atoms with E-state index in [-0.39, 0.29) is 29.9 Å². The van der Waals surface area contributed by atoms with Crippen LogP contribution < -0.4 is 21.0 Å². The molecule has 0 amide bonds. The maximum absolute atomic E-state index is 13.7. The van der Waals surface area contributed by atoms with Gasteiger partial charge in [-0.05, 0) is 24.1 Å². The van der Waals surface area contributed by atoms with Gasteiger partial charge in [-0.3, -0.25) is 13.9 Å². The van der Waals surface area contributed by atoms with Crippen LogP contribution in [0.4, 0.5) is 5.82 Å². The zero-order valence-electron chi connectivity index (χ0n) is 19.8. The Labute approximate surface area is 213 Å².